The summed E-state index contributed by atoms with van der Waals surface area (Å²) in [4.78, 5) is 12.3. The summed E-state index contributed by atoms with van der Waals surface area (Å²) in [7, 11) is -4.21. The number of nitrogens with two attached hydrogens (primary N) is 1. The number of thioether (sulfide) groups is 1. The molecule has 3 rings (SSSR count). The van der Waals surface area contributed by atoms with Crippen LogP contribution in [0.1, 0.15) is 6.23 Å². The van der Waals surface area contributed by atoms with Crippen molar-refractivity contribution < 1.29 is 27.6 Å². The molecule has 0 unspecified atom stereocenters. The Labute approximate surface area is 151 Å². The lowest BCUT2D eigenvalue weighted by Crippen LogP contribution is -2.35. The summed E-state index contributed by atoms with van der Waals surface area (Å²) in [5.41, 5.74) is 0.750. The summed E-state index contributed by atoms with van der Waals surface area (Å²) in [6, 6.07) is 0. The molecule has 0 bridgehead atoms. The van der Waals surface area contributed by atoms with Crippen molar-refractivity contribution in [3.05, 3.63) is 11.6 Å². The fourth-order valence-electron chi connectivity index (χ4n) is 2.45. The smallest absolute Gasteiger partial charge is 0.333 e. The first-order valence-electron chi connectivity index (χ1n) is 6.84. The molecule has 1 saturated heterocycles. The molecule has 0 aromatic carbocycles. The molecular formula is C11H14ClN5O6S2. The van der Waals surface area contributed by atoms with Gasteiger partial charge in [0.1, 0.15) is 28.9 Å². The van der Waals surface area contributed by atoms with Gasteiger partial charge in [-0.2, -0.15) is 13.4 Å². The van der Waals surface area contributed by atoms with Crippen LogP contribution >= 0.6 is 23.4 Å². The van der Waals surface area contributed by atoms with Crippen molar-refractivity contribution in [3.8, 4) is 0 Å². The zero-order valence-electron chi connectivity index (χ0n) is 12.7. The molecule has 4 atom stereocenters. The molecular weight excluding hydrogens is 398 g/mol. The van der Waals surface area contributed by atoms with Gasteiger partial charge in [0, 0.05) is 0 Å². The van der Waals surface area contributed by atoms with Gasteiger partial charge in [-0.1, -0.05) is 0 Å². The predicted molar refractivity (Wildman–Crippen MR) is 87.1 cm³/mol. The summed E-state index contributed by atoms with van der Waals surface area (Å²) < 4.78 is 33.1. The largest absolute Gasteiger partial charge is 0.387 e. The minimum absolute atomic E-state index is 0.0132. The van der Waals surface area contributed by atoms with Crippen LogP contribution in [-0.4, -0.2) is 69.3 Å². The van der Waals surface area contributed by atoms with Crippen molar-refractivity contribution in [1.29, 1.82) is 0 Å². The van der Waals surface area contributed by atoms with E-state index in [0.29, 0.717) is 16.2 Å². The zero-order valence-corrected chi connectivity index (χ0v) is 15.1. The molecule has 0 amide bonds. The van der Waals surface area contributed by atoms with E-state index < -0.39 is 41.5 Å². The highest BCUT2D eigenvalue weighted by Gasteiger charge is 2.45. The second kappa shape index (κ2) is 6.92. The van der Waals surface area contributed by atoms with Gasteiger partial charge in [0.15, 0.2) is 11.9 Å². The maximum Gasteiger partial charge on any atom is 0.333 e. The first-order chi connectivity index (χ1) is 11.7. The van der Waals surface area contributed by atoms with E-state index in [2.05, 4.69) is 19.1 Å². The molecule has 0 spiro atoms. The van der Waals surface area contributed by atoms with Gasteiger partial charge in [0.2, 0.25) is 5.28 Å². The number of hydrogen-bond donors (Lipinski definition) is 3. The van der Waals surface area contributed by atoms with Crippen molar-refractivity contribution in [1.82, 2.24) is 19.5 Å². The molecule has 3 heterocycles. The fourth-order valence-corrected chi connectivity index (χ4v) is 3.51. The van der Waals surface area contributed by atoms with E-state index in [1.165, 1.54) is 22.7 Å². The number of halogens is 1. The number of aliphatic hydroxyl groups is 2. The maximum atomic E-state index is 10.9. The second-order valence-corrected chi connectivity index (χ2v) is 7.50. The Morgan fingerprint density at radius 3 is 2.80 bits per heavy atom. The summed E-state index contributed by atoms with van der Waals surface area (Å²) >= 11 is 7.22. The molecule has 11 nitrogen and oxygen atoms in total. The number of ether oxygens (including phenoxy) is 1. The third kappa shape index (κ3) is 3.73. The number of nitrogens with zero attached hydrogens (tertiary/aromatic N) is 4. The van der Waals surface area contributed by atoms with Crippen LogP contribution in [-0.2, 0) is 19.2 Å². The second-order valence-electron chi connectivity index (χ2n) is 5.15. The van der Waals surface area contributed by atoms with Crippen LogP contribution in [0, 0.1) is 0 Å². The Hall–Kier alpha value is -1.06. The van der Waals surface area contributed by atoms with E-state index >= 15 is 0 Å². The summed E-state index contributed by atoms with van der Waals surface area (Å²) in [6.07, 6.45) is -1.82. The summed E-state index contributed by atoms with van der Waals surface area (Å²) in [5.74, 6) is 0. The van der Waals surface area contributed by atoms with Crippen molar-refractivity contribution >= 4 is 44.8 Å². The average Bonchev–Trinajstić information content (AvgIpc) is 3.06. The van der Waals surface area contributed by atoms with Crippen LogP contribution in [0.2, 0.25) is 5.28 Å². The van der Waals surface area contributed by atoms with E-state index in [1.807, 2.05) is 0 Å². The van der Waals surface area contributed by atoms with Crippen molar-refractivity contribution in [2.75, 3.05) is 12.9 Å². The molecule has 2 aromatic rings. The molecule has 25 heavy (non-hydrogen) atoms. The Morgan fingerprint density at radius 2 is 2.16 bits per heavy atom. The van der Waals surface area contributed by atoms with E-state index in [4.69, 9.17) is 21.5 Å². The molecule has 0 radical (unpaired) electrons. The molecule has 1 fully saturated rings. The summed E-state index contributed by atoms with van der Waals surface area (Å²) in [6.45, 7) is -0.550. The highest BCUT2D eigenvalue weighted by atomic mass is 35.5. The molecule has 4 N–H and O–H groups in total. The van der Waals surface area contributed by atoms with E-state index in [0.717, 1.165) is 0 Å². The number of aromatic nitrogens is 4. The van der Waals surface area contributed by atoms with E-state index in [9.17, 15) is 18.6 Å². The van der Waals surface area contributed by atoms with Crippen LogP contribution in [0.25, 0.3) is 11.2 Å². The molecule has 2 aromatic heterocycles. The number of imidazole rings is 1. The van der Waals surface area contributed by atoms with Gasteiger partial charge in [-0.25, -0.2) is 15.1 Å². The highest BCUT2D eigenvalue weighted by molar-refractivity contribution is 7.98. The van der Waals surface area contributed by atoms with Crippen LogP contribution in [0.15, 0.2) is 11.4 Å². The topological polar surface area (TPSA) is 163 Å². The Kier molecular flexibility index (Phi) is 5.18. The van der Waals surface area contributed by atoms with Gasteiger partial charge in [-0.15, -0.1) is 11.8 Å². The minimum Gasteiger partial charge on any atom is -0.387 e. The third-order valence-corrected chi connectivity index (χ3v) is 4.87. The normalized spacial score (nSPS) is 27.2. The zero-order chi connectivity index (χ0) is 18.4. The summed E-state index contributed by atoms with van der Waals surface area (Å²) in [5, 5.41) is 25.6. The van der Waals surface area contributed by atoms with Crippen molar-refractivity contribution in [2.45, 2.75) is 29.6 Å². The Bertz CT molecular complexity index is 892. The minimum atomic E-state index is -4.21. The van der Waals surface area contributed by atoms with Gasteiger partial charge in [0.25, 0.3) is 0 Å². The first-order valence-corrected chi connectivity index (χ1v) is 9.91. The lowest BCUT2D eigenvalue weighted by atomic mass is 10.1. The van der Waals surface area contributed by atoms with Crippen molar-refractivity contribution in [2.24, 2.45) is 5.14 Å². The number of fused-ring (bicyclic) bond motifs is 1. The standard InChI is InChI=1S/C11H14ClN5O6S2/c1-24-9-5-8(15-11(12)16-9)17(3-14-5)10-7(19)6(18)4(23-10)2-22-25(13,20)21/h3-4,6-7,10,18-19H,2H2,1H3,(H2,13,20,21)/t4-,6-,7-,10-/m1/s1. The Balaban J connectivity index is 1.92. The molecule has 1 aliphatic rings. The quantitative estimate of drug-likeness (QED) is 0.317. The van der Waals surface area contributed by atoms with Crippen LogP contribution in [0.3, 0.4) is 0 Å². The molecule has 0 aliphatic carbocycles. The van der Waals surface area contributed by atoms with Crippen LogP contribution in [0.5, 0.6) is 0 Å². The van der Waals surface area contributed by atoms with E-state index in [1.54, 1.807) is 6.26 Å². The molecule has 1 aliphatic heterocycles. The first kappa shape index (κ1) is 18.7. The number of aliphatic hydroxyl groups excluding tert-OH is 2. The molecule has 138 valence electrons. The average molecular weight is 412 g/mol. The van der Waals surface area contributed by atoms with Crippen molar-refractivity contribution in [3.63, 3.8) is 0 Å². The molecule has 0 saturated carbocycles. The van der Waals surface area contributed by atoms with Gasteiger partial charge in [-0.05, 0) is 17.9 Å². The van der Waals surface area contributed by atoms with E-state index in [-0.39, 0.29) is 5.28 Å². The lowest BCUT2D eigenvalue weighted by Gasteiger charge is -2.16. The monoisotopic (exact) mass is 411 g/mol. The van der Waals surface area contributed by atoms with Gasteiger partial charge < -0.3 is 14.9 Å². The van der Waals surface area contributed by atoms with Gasteiger partial charge >= 0.3 is 10.3 Å². The number of rotatable bonds is 5. The fraction of sp³-hybridized carbons (Fsp3) is 0.545. The third-order valence-electron chi connectivity index (χ3n) is 3.56. The van der Waals surface area contributed by atoms with Gasteiger partial charge in [-0.3, -0.25) is 8.75 Å². The van der Waals surface area contributed by atoms with Gasteiger partial charge in [0.05, 0.1) is 12.9 Å². The lowest BCUT2D eigenvalue weighted by molar-refractivity contribution is -0.0467. The SMILES string of the molecule is CSc1nc(Cl)nc2c1ncn2[C@@H]1O[C@H](COS(N)(=O)=O)[C@@H](O)[C@H]1O. The van der Waals surface area contributed by atoms with Crippen LogP contribution in [0.4, 0.5) is 0 Å². The Morgan fingerprint density at radius 1 is 1.44 bits per heavy atom. The number of hydrogen-bond acceptors (Lipinski definition) is 10. The predicted octanol–water partition coefficient (Wildman–Crippen LogP) is -0.959. The van der Waals surface area contributed by atoms with Crippen LogP contribution < -0.4 is 5.14 Å². The molecule has 14 heteroatoms. The maximum absolute atomic E-state index is 10.9. The highest BCUT2D eigenvalue weighted by Crippen LogP contribution is 2.33.